The summed E-state index contributed by atoms with van der Waals surface area (Å²) in [7, 11) is 0. The zero-order valence-electron chi connectivity index (χ0n) is 12.1. The number of nitrogens with zero attached hydrogens (tertiary/aromatic N) is 2. The van der Waals surface area contributed by atoms with Gasteiger partial charge in [0.15, 0.2) is 0 Å². The Morgan fingerprint density at radius 2 is 2.20 bits per heavy atom. The second-order valence-corrected chi connectivity index (χ2v) is 6.13. The lowest BCUT2D eigenvalue weighted by Gasteiger charge is -2.40. The molecule has 1 aromatic rings. The van der Waals surface area contributed by atoms with Crippen LogP contribution in [0.5, 0.6) is 0 Å². The average molecular weight is 295 g/mol. The summed E-state index contributed by atoms with van der Waals surface area (Å²) in [4.78, 5) is 30.6. The van der Waals surface area contributed by atoms with E-state index in [1.165, 1.54) is 0 Å². The van der Waals surface area contributed by atoms with Crippen LogP contribution in [0.3, 0.4) is 0 Å². The van der Waals surface area contributed by atoms with Crippen molar-refractivity contribution in [3.05, 3.63) is 16.6 Å². The van der Waals surface area contributed by atoms with Gasteiger partial charge in [-0.3, -0.25) is 9.59 Å². The zero-order chi connectivity index (χ0) is 14.7. The molecule has 1 aliphatic rings. The molecule has 2 atom stereocenters. The van der Waals surface area contributed by atoms with E-state index in [1.54, 1.807) is 21.7 Å². The van der Waals surface area contributed by atoms with Crippen LogP contribution in [0.4, 0.5) is 0 Å². The molecule has 0 saturated carbocycles. The molecule has 2 rings (SSSR count). The van der Waals surface area contributed by atoms with Gasteiger partial charge >= 0.3 is 0 Å². The van der Waals surface area contributed by atoms with Gasteiger partial charge in [-0.15, -0.1) is 11.3 Å². The summed E-state index contributed by atoms with van der Waals surface area (Å²) in [6, 6.07) is -0.753. The molecule has 1 saturated heterocycles. The SMILES string of the molecule is CCC1C(=O)NC(C(C)C)C(=O)N1CCc1cscn1. The average Bonchev–Trinajstić information content (AvgIpc) is 2.91. The molecule has 0 aromatic carbocycles. The Labute approximate surface area is 123 Å². The first kappa shape index (κ1) is 15.0. The molecule has 5 nitrogen and oxygen atoms in total. The fraction of sp³-hybridized carbons (Fsp3) is 0.643. The van der Waals surface area contributed by atoms with Gasteiger partial charge in [0.1, 0.15) is 12.1 Å². The molecule has 1 aromatic heterocycles. The van der Waals surface area contributed by atoms with E-state index >= 15 is 0 Å². The van der Waals surface area contributed by atoms with Gasteiger partial charge < -0.3 is 10.2 Å². The van der Waals surface area contributed by atoms with Gasteiger partial charge in [-0.05, 0) is 12.3 Å². The number of carbonyl (C=O) groups is 2. The molecule has 0 bridgehead atoms. The minimum absolute atomic E-state index is 0.0293. The molecule has 1 N–H and O–H groups in total. The largest absolute Gasteiger partial charge is 0.342 e. The quantitative estimate of drug-likeness (QED) is 0.894. The molecular weight excluding hydrogens is 274 g/mol. The summed E-state index contributed by atoms with van der Waals surface area (Å²) in [6.45, 7) is 6.39. The molecule has 6 heteroatoms. The summed E-state index contributed by atoms with van der Waals surface area (Å²) in [5, 5.41) is 4.83. The molecule has 20 heavy (non-hydrogen) atoms. The van der Waals surface area contributed by atoms with E-state index in [4.69, 9.17) is 0 Å². The second-order valence-electron chi connectivity index (χ2n) is 5.42. The zero-order valence-corrected chi connectivity index (χ0v) is 12.9. The number of hydrogen-bond donors (Lipinski definition) is 1. The molecule has 2 unspecified atom stereocenters. The highest BCUT2D eigenvalue weighted by molar-refractivity contribution is 7.07. The Balaban J connectivity index is 2.11. The van der Waals surface area contributed by atoms with Gasteiger partial charge in [0.05, 0.1) is 11.2 Å². The third-order valence-electron chi connectivity index (χ3n) is 3.67. The van der Waals surface area contributed by atoms with Crippen LogP contribution in [0.15, 0.2) is 10.9 Å². The van der Waals surface area contributed by atoms with Crippen LogP contribution in [-0.4, -0.2) is 40.3 Å². The van der Waals surface area contributed by atoms with E-state index in [9.17, 15) is 9.59 Å². The van der Waals surface area contributed by atoms with Crippen molar-refractivity contribution in [2.75, 3.05) is 6.54 Å². The lowest BCUT2D eigenvalue weighted by Crippen LogP contribution is -2.64. The Bertz CT molecular complexity index is 473. The van der Waals surface area contributed by atoms with Crippen molar-refractivity contribution in [2.24, 2.45) is 5.92 Å². The summed E-state index contributed by atoms with van der Waals surface area (Å²) in [6.07, 6.45) is 1.34. The van der Waals surface area contributed by atoms with Crippen molar-refractivity contribution in [3.8, 4) is 0 Å². The number of carbonyl (C=O) groups excluding carboxylic acids is 2. The first-order valence-electron chi connectivity index (χ1n) is 7.02. The highest BCUT2D eigenvalue weighted by Crippen LogP contribution is 2.18. The number of piperazine rings is 1. The van der Waals surface area contributed by atoms with Gasteiger partial charge in [-0.2, -0.15) is 0 Å². The summed E-state index contributed by atoms with van der Waals surface area (Å²) in [5.74, 6) is 0.0942. The summed E-state index contributed by atoms with van der Waals surface area (Å²) < 4.78 is 0. The number of nitrogens with one attached hydrogen (secondary N) is 1. The summed E-state index contributed by atoms with van der Waals surface area (Å²) in [5.41, 5.74) is 2.76. The van der Waals surface area contributed by atoms with E-state index in [0.29, 0.717) is 19.4 Å². The molecule has 1 fully saturated rings. The topological polar surface area (TPSA) is 62.3 Å². The molecule has 2 heterocycles. The van der Waals surface area contributed by atoms with Gasteiger partial charge in [0, 0.05) is 18.3 Å². The molecule has 1 aliphatic heterocycles. The van der Waals surface area contributed by atoms with E-state index in [2.05, 4.69) is 10.3 Å². The number of thiazole rings is 1. The summed E-state index contributed by atoms with van der Waals surface area (Å²) >= 11 is 1.55. The highest BCUT2D eigenvalue weighted by Gasteiger charge is 2.40. The second kappa shape index (κ2) is 6.35. The maximum atomic E-state index is 12.5. The van der Waals surface area contributed by atoms with E-state index in [-0.39, 0.29) is 23.8 Å². The van der Waals surface area contributed by atoms with Gasteiger partial charge in [-0.25, -0.2) is 4.98 Å². The predicted molar refractivity (Wildman–Crippen MR) is 78.4 cm³/mol. The van der Waals surface area contributed by atoms with Crippen LogP contribution in [0.25, 0.3) is 0 Å². The Morgan fingerprint density at radius 1 is 1.45 bits per heavy atom. The minimum atomic E-state index is -0.402. The van der Waals surface area contributed by atoms with Crippen molar-refractivity contribution in [1.82, 2.24) is 15.2 Å². The fourth-order valence-electron chi connectivity index (χ4n) is 2.50. The molecule has 110 valence electrons. The van der Waals surface area contributed by atoms with Crippen molar-refractivity contribution < 1.29 is 9.59 Å². The number of hydrogen-bond acceptors (Lipinski definition) is 4. The first-order valence-corrected chi connectivity index (χ1v) is 7.96. The van der Waals surface area contributed by atoms with Crippen LogP contribution in [0, 0.1) is 5.92 Å². The first-order chi connectivity index (χ1) is 9.54. The van der Waals surface area contributed by atoms with Crippen molar-refractivity contribution in [2.45, 2.75) is 45.7 Å². The highest BCUT2D eigenvalue weighted by atomic mass is 32.1. The van der Waals surface area contributed by atoms with Crippen LogP contribution >= 0.6 is 11.3 Å². The minimum Gasteiger partial charge on any atom is -0.342 e. The number of aromatic nitrogens is 1. The lowest BCUT2D eigenvalue weighted by atomic mass is 9.96. The standard InChI is InChI=1S/C14H21N3O2S/c1-4-11-13(18)16-12(9(2)3)14(19)17(11)6-5-10-7-20-8-15-10/h7-9,11-12H,4-6H2,1-3H3,(H,16,18). The van der Waals surface area contributed by atoms with E-state index in [0.717, 1.165) is 5.69 Å². The molecule has 0 radical (unpaired) electrons. The fourth-order valence-corrected chi connectivity index (χ4v) is 3.10. The van der Waals surface area contributed by atoms with E-state index < -0.39 is 6.04 Å². The lowest BCUT2D eigenvalue weighted by molar-refractivity contribution is -0.150. The van der Waals surface area contributed by atoms with Crippen LogP contribution in [-0.2, 0) is 16.0 Å². The van der Waals surface area contributed by atoms with Gasteiger partial charge in [0.2, 0.25) is 11.8 Å². The predicted octanol–water partition coefficient (Wildman–Crippen LogP) is 1.45. The van der Waals surface area contributed by atoms with Crippen molar-refractivity contribution in [3.63, 3.8) is 0 Å². The Hall–Kier alpha value is -1.43. The molecular formula is C14H21N3O2S. The number of amides is 2. The normalized spacial score (nSPS) is 23.3. The molecule has 2 amide bonds. The maximum absolute atomic E-state index is 12.5. The van der Waals surface area contributed by atoms with Crippen molar-refractivity contribution >= 4 is 23.2 Å². The Kier molecular flexibility index (Phi) is 4.75. The Morgan fingerprint density at radius 3 is 2.75 bits per heavy atom. The van der Waals surface area contributed by atoms with Gasteiger partial charge in [-0.1, -0.05) is 20.8 Å². The van der Waals surface area contributed by atoms with Gasteiger partial charge in [0.25, 0.3) is 0 Å². The number of rotatable bonds is 5. The third kappa shape index (κ3) is 3.00. The van der Waals surface area contributed by atoms with E-state index in [1.807, 2.05) is 26.2 Å². The smallest absolute Gasteiger partial charge is 0.246 e. The van der Waals surface area contributed by atoms with Crippen LogP contribution in [0.1, 0.15) is 32.9 Å². The molecule has 0 spiro atoms. The monoisotopic (exact) mass is 295 g/mol. The maximum Gasteiger partial charge on any atom is 0.246 e. The van der Waals surface area contributed by atoms with Crippen molar-refractivity contribution in [1.29, 1.82) is 0 Å². The van der Waals surface area contributed by atoms with Crippen LogP contribution < -0.4 is 5.32 Å². The molecule has 0 aliphatic carbocycles. The van der Waals surface area contributed by atoms with Crippen LogP contribution in [0.2, 0.25) is 0 Å². The third-order valence-corrected chi connectivity index (χ3v) is 4.31.